The average molecular weight is 351 g/mol. The van der Waals surface area contributed by atoms with Crippen LogP contribution in [0.1, 0.15) is 13.3 Å². The van der Waals surface area contributed by atoms with Crippen LogP contribution in [0.3, 0.4) is 0 Å². The van der Waals surface area contributed by atoms with Crippen molar-refractivity contribution in [2.75, 3.05) is 12.4 Å². The molecule has 2 rings (SSSR count). The van der Waals surface area contributed by atoms with Gasteiger partial charge in [0.25, 0.3) is 5.91 Å². The molecule has 1 aromatic rings. The maximum Gasteiger partial charge on any atom is 0.321 e. The number of imide groups is 1. The molecule has 4 amide bonds. The fraction of sp³-hybridized carbons (Fsp3) is 0.333. The lowest BCUT2D eigenvalue weighted by Crippen LogP contribution is -2.43. The van der Waals surface area contributed by atoms with Gasteiger partial charge in [0.05, 0.1) is 17.4 Å². The van der Waals surface area contributed by atoms with E-state index in [4.69, 9.17) is 4.74 Å². The average Bonchev–Trinajstić information content (AvgIpc) is 2.55. The molecular weight excluding hydrogens is 334 g/mol. The molecule has 9 heteroatoms. The fourth-order valence-electron chi connectivity index (χ4n) is 1.95. The highest BCUT2D eigenvalue weighted by atomic mass is 32.2. The van der Waals surface area contributed by atoms with Gasteiger partial charge in [-0.1, -0.05) is 12.1 Å². The lowest BCUT2D eigenvalue weighted by atomic mass is 10.2. The number of hydrogen-bond donors (Lipinski definition) is 3. The van der Waals surface area contributed by atoms with Gasteiger partial charge in [0.2, 0.25) is 5.91 Å². The summed E-state index contributed by atoms with van der Waals surface area (Å²) in [6.07, 6.45) is -1.32. The number of fused-ring (bicyclic) bond motifs is 1. The maximum absolute atomic E-state index is 12.0. The molecule has 1 heterocycles. The fourth-order valence-corrected chi connectivity index (χ4v) is 3.05. The number of benzene rings is 1. The number of anilines is 1. The molecule has 1 aliphatic heterocycles. The Morgan fingerprint density at radius 1 is 1.33 bits per heavy atom. The minimum Gasteiger partial charge on any atom is -0.452 e. The minimum absolute atomic E-state index is 0.178. The zero-order valence-corrected chi connectivity index (χ0v) is 13.9. The summed E-state index contributed by atoms with van der Waals surface area (Å²) in [6, 6.07) is 6.57. The normalized spacial score (nSPS) is 17.1. The van der Waals surface area contributed by atoms with E-state index in [2.05, 4.69) is 10.6 Å². The van der Waals surface area contributed by atoms with E-state index in [9.17, 15) is 19.2 Å². The number of amides is 4. The Bertz CT molecular complexity index is 679. The standard InChI is InChI=1S/C15H17N3O5S/c1-8(13(20)18-15(22)16-2)23-12(19)7-11-14(21)17-9-5-3-4-6-10(9)24-11/h3-6,8,11H,7H2,1-2H3,(H,17,21)(H2,16,18,20,22)/t8-,11+/m1/s1. The van der Waals surface area contributed by atoms with Crippen molar-refractivity contribution in [3.63, 3.8) is 0 Å². The molecule has 0 spiro atoms. The van der Waals surface area contributed by atoms with Crippen molar-refractivity contribution in [3.05, 3.63) is 24.3 Å². The first kappa shape index (κ1) is 17.8. The van der Waals surface area contributed by atoms with E-state index in [1.165, 1.54) is 25.7 Å². The molecule has 1 aliphatic rings. The van der Waals surface area contributed by atoms with E-state index in [1.54, 1.807) is 12.1 Å². The molecular formula is C15H17N3O5S. The zero-order valence-electron chi connectivity index (χ0n) is 13.1. The first-order valence-corrected chi connectivity index (χ1v) is 8.07. The van der Waals surface area contributed by atoms with E-state index in [0.717, 1.165) is 4.90 Å². The smallest absolute Gasteiger partial charge is 0.321 e. The van der Waals surface area contributed by atoms with Gasteiger partial charge in [0.1, 0.15) is 0 Å². The van der Waals surface area contributed by atoms with Gasteiger partial charge in [0.15, 0.2) is 6.10 Å². The van der Waals surface area contributed by atoms with Crippen molar-refractivity contribution in [2.45, 2.75) is 29.6 Å². The van der Waals surface area contributed by atoms with Crippen molar-refractivity contribution in [3.8, 4) is 0 Å². The highest BCUT2D eigenvalue weighted by molar-refractivity contribution is 8.01. The largest absolute Gasteiger partial charge is 0.452 e. The Kier molecular flexibility index (Phi) is 5.80. The van der Waals surface area contributed by atoms with Crippen molar-refractivity contribution in [1.29, 1.82) is 0 Å². The second-order valence-corrected chi connectivity index (χ2v) is 6.24. The number of rotatable bonds is 4. The molecule has 24 heavy (non-hydrogen) atoms. The Balaban J connectivity index is 1.89. The molecule has 0 radical (unpaired) electrons. The van der Waals surface area contributed by atoms with E-state index in [-0.39, 0.29) is 12.3 Å². The second kappa shape index (κ2) is 7.82. The third-order valence-corrected chi connectivity index (χ3v) is 4.48. The molecule has 3 N–H and O–H groups in total. The summed E-state index contributed by atoms with van der Waals surface area (Å²) in [7, 11) is 1.36. The number of nitrogens with one attached hydrogen (secondary N) is 3. The molecule has 0 bridgehead atoms. The number of esters is 1. The lowest BCUT2D eigenvalue weighted by Gasteiger charge is -2.23. The molecule has 0 aromatic heterocycles. The number of carbonyl (C=O) groups excluding carboxylic acids is 4. The summed E-state index contributed by atoms with van der Waals surface area (Å²) < 4.78 is 4.97. The summed E-state index contributed by atoms with van der Waals surface area (Å²) in [5, 5.41) is 6.31. The van der Waals surface area contributed by atoms with E-state index in [0.29, 0.717) is 5.69 Å². The van der Waals surface area contributed by atoms with E-state index in [1.807, 2.05) is 17.4 Å². The van der Waals surface area contributed by atoms with Crippen LogP contribution in [-0.2, 0) is 19.1 Å². The van der Waals surface area contributed by atoms with Crippen LogP contribution in [0.4, 0.5) is 10.5 Å². The van der Waals surface area contributed by atoms with Gasteiger partial charge in [-0.25, -0.2) is 4.79 Å². The summed E-state index contributed by atoms with van der Waals surface area (Å²) >= 11 is 1.27. The zero-order chi connectivity index (χ0) is 17.7. The molecule has 1 aromatic carbocycles. The third kappa shape index (κ3) is 4.48. The monoisotopic (exact) mass is 351 g/mol. The SMILES string of the molecule is CNC(=O)NC(=O)[C@@H](C)OC(=O)C[C@@H]1Sc2ccccc2NC1=O. The Morgan fingerprint density at radius 2 is 2.04 bits per heavy atom. The van der Waals surface area contributed by atoms with Crippen LogP contribution in [0.5, 0.6) is 0 Å². The number of hydrogen-bond acceptors (Lipinski definition) is 6. The number of thioether (sulfide) groups is 1. The van der Waals surface area contributed by atoms with Crippen molar-refractivity contribution < 1.29 is 23.9 Å². The molecule has 0 unspecified atom stereocenters. The Morgan fingerprint density at radius 3 is 2.75 bits per heavy atom. The summed E-state index contributed by atoms with van der Waals surface area (Å²) in [5.41, 5.74) is 0.704. The third-order valence-electron chi connectivity index (χ3n) is 3.20. The van der Waals surface area contributed by atoms with Gasteiger partial charge in [0, 0.05) is 11.9 Å². The highest BCUT2D eigenvalue weighted by Gasteiger charge is 2.30. The van der Waals surface area contributed by atoms with Gasteiger partial charge in [-0.3, -0.25) is 19.7 Å². The van der Waals surface area contributed by atoms with Crippen LogP contribution in [0.25, 0.3) is 0 Å². The lowest BCUT2D eigenvalue weighted by molar-refractivity contribution is -0.154. The van der Waals surface area contributed by atoms with Gasteiger partial charge in [-0.2, -0.15) is 0 Å². The summed E-state index contributed by atoms with van der Waals surface area (Å²) in [6.45, 7) is 1.35. The molecule has 8 nitrogen and oxygen atoms in total. The van der Waals surface area contributed by atoms with Crippen LogP contribution in [0.2, 0.25) is 0 Å². The Hall–Kier alpha value is -2.55. The number of ether oxygens (including phenoxy) is 1. The van der Waals surface area contributed by atoms with Crippen molar-refractivity contribution >= 4 is 41.3 Å². The van der Waals surface area contributed by atoms with Gasteiger partial charge < -0.3 is 15.4 Å². The van der Waals surface area contributed by atoms with E-state index >= 15 is 0 Å². The molecule has 0 fully saturated rings. The number of urea groups is 1. The first-order chi connectivity index (χ1) is 11.4. The predicted molar refractivity (Wildman–Crippen MR) is 87.5 cm³/mol. The molecule has 0 aliphatic carbocycles. The Labute approximate surface area is 142 Å². The minimum atomic E-state index is -1.14. The molecule has 0 saturated carbocycles. The number of para-hydroxylation sites is 1. The van der Waals surface area contributed by atoms with Gasteiger partial charge >= 0.3 is 12.0 Å². The van der Waals surface area contributed by atoms with Crippen molar-refractivity contribution in [2.24, 2.45) is 0 Å². The van der Waals surface area contributed by atoms with E-state index < -0.39 is 29.3 Å². The van der Waals surface area contributed by atoms with Crippen LogP contribution in [0, 0.1) is 0 Å². The predicted octanol–water partition coefficient (Wildman–Crippen LogP) is 0.877. The highest BCUT2D eigenvalue weighted by Crippen LogP contribution is 2.36. The number of carbonyl (C=O) groups is 4. The maximum atomic E-state index is 12.0. The quantitative estimate of drug-likeness (QED) is 0.694. The van der Waals surface area contributed by atoms with Crippen molar-refractivity contribution in [1.82, 2.24) is 10.6 Å². The van der Waals surface area contributed by atoms with Crippen LogP contribution in [0.15, 0.2) is 29.2 Å². The second-order valence-electron chi connectivity index (χ2n) is 5.00. The van der Waals surface area contributed by atoms with Gasteiger partial charge in [-0.05, 0) is 19.1 Å². The molecule has 0 saturated heterocycles. The van der Waals surface area contributed by atoms with Crippen LogP contribution >= 0.6 is 11.8 Å². The topological polar surface area (TPSA) is 114 Å². The van der Waals surface area contributed by atoms with Gasteiger partial charge in [-0.15, -0.1) is 11.8 Å². The molecule has 2 atom stereocenters. The molecule has 128 valence electrons. The first-order valence-electron chi connectivity index (χ1n) is 7.19. The van der Waals surface area contributed by atoms with Crippen LogP contribution in [-0.4, -0.2) is 42.2 Å². The summed E-state index contributed by atoms with van der Waals surface area (Å²) in [5.74, 6) is -1.73. The van der Waals surface area contributed by atoms with Crippen LogP contribution < -0.4 is 16.0 Å². The summed E-state index contributed by atoms with van der Waals surface area (Å²) in [4.78, 5) is 47.5.